The number of unbranched alkanes of at least 4 members (excludes halogenated alkanes) is 2. The van der Waals surface area contributed by atoms with Crippen molar-refractivity contribution in [2.45, 2.75) is 32.2 Å². The largest absolute Gasteiger partial charge is 0.493 e. The summed E-state index contributed by atoms with van der Waals surface area (Å²) in [6.45, 7) is 2.61. The number of ether oxygens (including phenoxy) is 2. The van der Waals surface area contributed by atoms with Crippen molar-refractivity contribution in [3.8, 4) is 11.5 Å². The highest BCUT2D eigenvalue weighted by molar-refractivity contribution is 6.30. The van der Waals surface area contributed by atoms with Gasteiger partial charge in [0.25, 0.3) is 0 Å². The second-order valence-electron chi connectivity index (χ2n) is 6.89. The van der Waals surface area contributed by atoms with Gasteiger partial charge in [0.15, 0.2) is 11.5 Å². The second-order valence-corrected chi connectivity index (χ2v) is 7.59. The number of halogens is 2. The standard InChI is InChI=1S/C23H28Cl2N2O4/c1-4-5-6-13-26-23(29)22(16-7-9-17(25)10-8-16)27(21(28)15-24)18-11-12-19(30-2)20(14-18)31-3/h7-12,14,22H,4-6,13,15H2,1-3H3,(H,26,29). The van der Waals surface area contributed by atoms with E-state index in [-0.39, 0.29) is 11.8 Å². The van der Waals surface area contributed by atoms with Crippen LogP contribution in [-0.2, 0) is 9.59 Å². The van der Waals surface area contributed by atoms with Crippen LogP contribution in [0.2, 0.25) is 5.02 Å². The Labute approximate surface area is 193 Å². The van der Waals surface area contributed by atoms with Gasteiger partial charge in [0.2, 0.25) is 11.8 Å². The first-order valence-electron chi connectivity index (χ1n) is 10.1. The van der Waals surface area contributed by atoms with Gasteiger partial charge in [0.1, 0.15) is 11.9 Å². The van der Waals surface area contributed by atoms with Gasteiger partial charge in [-0.25, -0.2) is 0 Å². The molecule has 8 heteroatoms. The van der Waals surface area contributed by atoms with Crippen LogP contribution in [-0.4, -0.2) is 38.5 Å². The predicted molar refractivity (Wildman–Crippen MR) is 124 cm³/mol. The van der Waals surface area contributed by atoms with Crippen LogP contribution < -0.4 is 19.7 Å². The van der Waals surface area contributed by atoms with Gasteiger partial charge in [-0.15, -0.1) is 11.6 Å². The maximum atomic E-state index is 13.3. The number of hydrogen-bond acceptors (Lipinski definition) is 4. The molecule has 0 fully saturated rings. The number of benzene rings is 2. The lowest BCUT2D eigenvalue weighted by atomic mass is 10.0. The molecule has 31 heavy (non-hydrogen) atoms. The molecule has 2 rings (SSSR count). The normalized spacial score (nSPS) is 11.5. The molecule has 1 atom stereocenters. The van der Waals surface area contributed by atoms with Gasteiger partial charge in [0.05, 0.1) is 14.2 Å². The Balaban J connectivity index is 2.52. The van der Waals surface area contributed by atoms with E-state index < -0.39 is 11.9 Å². The number of amides is 2. The molecule has 1 unspecified atom stereocenters. The summed E-state index contributed by atoms with van der Waals surface area (Å²) in [5.41, 5.74) is 1.08. The molecular weight excluding hydrogens is 439 g/mol. The molecule has 2 aromatic rings. The zero-order valence-electron chi connectivity index (χ0n) is 18.0. The summed E-state index contributed by atoms with van der Waals surface area (Å²) >= 11 is 12.0. The van der Waals surface area contributed by atoms with Crippen molar-refractivity contribution in [2.24, 2.45) is 0 Å². The smallest absolute Gasteiger partial charge is 0.247 e. The summed E-state index contributed by atoms with van der Waals surface area (Å²) < 4.78 is 10.7. The number of nitrogens with zero attached hydrogens (tertiary/aromatic N) is 1. The summed E-state index contributed by atoms with van der Waals surface area (Å²) in [7, 11) is 3.03. The molecule has 2 amide bonds. The molecule has 0 radical (unpaired) electrons. The molecule has 1 N–H and O–H groups in total. The fourth-order valence-electron chi connectivity index (χ4n) is 3.22. The van der Waals surface area contributed by atoms with E-state index in [1.807, 2.05) is 0 Å². The van der Waals surface area contributed by atoms with Crippen molar-refractivity contribution in [3.63, 3.8) is 0 Å². The van der Waals surface area contributed by atoms with Crippen molar-refractivity contribution in [1.29, 1.82) is 0 Å². The molecule has 0 spiro atoms. The fraction of sp³-hybridized carbons (Fsp3) is 0.391. The van der Waals surface area contributed by atoms with E-state index >= 15 is 0 Å². The molecule has 0 saturated heterocycles. The Morgan fingerprint density at radius 3 is 2.29 bits per heavy atom. The monoisotopic (exact) mass is 466 g/mol. The van der Waals surface area contributed by atoms with E-state index in [0.29, 0.717) is 34.3 Å². The Bertz CT molecular complexity index is 874. The molecule has 0 saturated carbocycles. The van der Waals surface area contributed by atoms with E-state index in [4.69, 9.17) is 32.7 Å². The highest BCUT2D eigenvalue weighted by atomic mass is 35.5. The minimum absolute atomic E-state index is 0.290. The molecule has 0 aliphatic rings. The average Bonchev–Trinajstić information content (AvgIpc) is 2.80. The maximum Gasteiger partial charge on any atom is 0.247 e. The third kappa shape index (κ3) is 6.52. The van der Waals surface area contributed by atoms with Crippen LogP contribution in [0, 0.1) is 0 Å². The van der Waals surface area contributed by atoms with Gasteiger partial charge in [-0.2, -0.15) is 0 Å². The highest BCUT2D eigenvalue weighted by Gasteiger charge is 2.32. The number of carbonyl (C=O) groups is 2. The topological polar surface area (TPSA) is 67.9 Å². The summed E-state index contributed by atoms with van der Waals surface area (Å²) in [6, 6.07) is 10.9. The number of methoxy groups -OCH3 is 2. The van der Waals surface area contributed by atoms with Crippen molar-refractivity contribution < 1.29 is 19.1 Å². The SMILES string of the molecule is CCCCCNC(=O)C(c1ccc(Cl)cc1)N(C(=O)CCl)c1ccc(OC)c(OC)c1. The van der Waals surface area contributed by atoms with Gasteiger partial charge >= 0.3 is 0 Å². The Morgan fingerprint density at radius 2 is 1.71 bits per heavy atom. The number of carbonyl (C=O) groups excluding carboxylic acids is 2. The Morgan fingerprint density at radius 1 is 1.03 bits per heavy atom. The zero-order valence-corrected chi connectivity index (χ0v) is 19.5. The van der Waals surface area contributed by atoms with E-state index in [0.717, 1.165) is 19.3 Å². The lowest BCUT2D eigenvalue weighted by Gasteiger charge is -2.31. The maximum absolute atomic E-state index is 13.3. The first kappa shape index (κ1) is 24.8. The van der Waals surface area contributed by atoms with Crippen molar-refractivity contribution in [2.75, 3.05) is 31.5 Å². The van der Waals surface area contributed by atoms with Gasteiger partial charge in [-0.3, -0.25) is 14.5 Å². The average molecular weight is 467 g/mol. The van der Waals surface area contributed by atoms with Crippen LogP contribution in [0.5, 0.6) is 11.5 Å². The van der Waals surface area contributed by atoms with Gasteiger partial charge in [-0.1, -0.05) is 43.5 Å². The quantitative estimate of drug-likeness (QED) is 0.374. The minimum atomic E-state index is -0.928. The van der Waals surface area contributed by atoms with Crippen LogP contribution in [0.15, 0.2) is 42.5 Å². The number of anilines is 1. The number of nitrogens with one attached hydrogen (secondary N) is 1. The van der Waals surface area contributed by atoms with E-state index in [1.54, 1.807) is 42.5 Å². The zero-order chi connectivity index (χ0) is 22.8. The number of alkyl halides is 1. The van der Waals surface area contributed by atoms with E-state index in [1.165, 1.54) is 19.1 Å². The minimum Gasteiger partial charge on any atom is -0.493 e. The van der Waals surface area contributed by atoms with Crippen molar-refractivity contribution >= 4 is 40.7 Å². The van der Waals surface area contributed by atoms with E-state index in [2.05, 4.69) is 12.2 Å². The van der Waals surface area contributed by atoms with Crippen molar-refractivity contribution in [1.82, 2.24) is 5.32 Å². The Hall–Kier alpha value is -2.44. The molecule has 0 aliphatic heterocycles. The van der Waals surface area contributed by atoms with E-state index in [9.17, 15) is 9.59 Å². The second kappa shape index (κ2) is 12.4. The van der Waals surface area contributed by atoms with Gasteiger partial charge in [-0.05, 0) is 36.2 Å². The molecule has 0 bridgehead atoms. The molecular formula is C23H28Cl2N2O4. The molecule has 6 nitrogen and oxygen atoms in total. The first-order chi connectivity index (χ1) is 15.0. The fourth-order valence-corrected chi connectivity index (χ4v) is 3.48. The molecule has 0 aliphatic carbocycles. The highest BCUT2D eigenvalue weighted by Crippen LogP contribution is 2.35. The lowest BCUT2D eigenvalue weighted by molar-refractivity contribution is -0.125. The van der Waals surface area contributed by atoms with Gasteiger partial charge in [0, 0.05) is 23.3 Å². The molecule has 0 heterocycles. The summed E-state index contributed by atoms with van der Waals surface area (Å²) in [6.07, 6.45) is 2.90. The van der Waals surface area contributed by atoms with Crippen LogP contribution in [0.4, 0.5) is 5.69 Å². The van der Waals surface area contributed by atoms with Crippen LogP contribution >= 0.6 is 23.2 Å². The van der Waals surface area contributed by atoms with Crippen LogP contribution in [0.3, 0.4) is 0 Å². The first-order valence-corrected chi connectivity index (χ1v) is 11.0. The predicted octanol–water partition coefficient (Wildman–Crippen LogP) is 4.98. The molecule has 168 valence electrons. The molecule has 2 aromatic carbocycles. The third-order valence-corrected chi connectivity index (χ3v) is 5.28. The third-order valence-electron chi connectivity index (χ3n) is 4.80. The van der Waals surface area contributed by atoms with Gasteiger partial charge < -0.3 is 14.8 Å². The van der Waals surface area contributed by atoms with Crippen LogP contribution in [0.25, 0.3) is 0 Å². The van der Waals surface area contributed by atoms with Crippen molar-refractivity contribution in [3.05, 3.63) is 53.1 Å². The lowest BCUT2D eigenvalue weighted by Crippen LogP contribution is -2.44. The van der Waals surface area contributed by atoms with Crippen LogP contribution in [0.1, 0.15) is 37.8 Å². The number of hydrogen-bond donors (Lipinski definition) is 1. The summed E-state index contributed by atoms with van der Waals surface area (Å²) in [5.74, 6) is -0.0620. The number of rotatable bonds is 11. The Kier molecular flexibility index (Phi) is 9.95. The summed E-state index contributed by atoms with van der Waals surface area (Å²) in [4.78, 5) is 27.6. The molecule has 0 aromatic heterocycles. The summed E-state index contributed by atoms with van der Waals surface area (Å²) in [5, 5.41) is 3.48.